The van der Waals surface area contributed by atoms with Crippen molar-refractivity contribution in [3.05, 3.63) is 311 Å². The lowest BCUT2D eigenvalue weighted by Crippen LogP contribution is -2.53. The second-order valence-electron chi connectivity index (χ2n) is 31.0. The molecule has 0 saturated heterocycles. The van der Waals surface area contributed by atoms with Gasteiger partial charge in [-0.2, -0.15) is 5.26 Å². The molecule has 2 heterocycles. The molecule has 0 amide bonds. The predicted molar refractivity (Wildman–Crippen MR) is 469 cm³/mol. The Morgan fingerprint density at radius 1 is 0.571 bits per heavy atom. The quantitative estimate of drug-likeness (QED) is 0.0120. The van der Waals surface area contributed by atoms with Crippen molar-refractivity contribution < 1.29 is 4.58 Å². The molecule has 0 fully saturated rings. The standard InChI is InChI=1S/C98H103Cl2N12/c1-17-21-52-109(53-22-18-2)81-48-40-75(41-49-81)83(73-32-28-71(29-33-73)64-111-92-56-67(6)88(58-85(92)68(7)60-97(111,10)11)108-96(106-16)95(90(62-102)105-15)78-38-46-80(100)47-39-78)26-25-27-84(76-42-50-82(51-43-76)110(54-23-19-3)55-24-20-4)74-34-30-72(31-35-74)65-112-93-57-66(5)87(59-86(93)69(8)70(9)98(112,12)13)107-91(63-103)94(89(61-101)104-14)77-36-44-79(99)45-37-77/h25-51,56-59,68-70H,17-24,52-55,60,64-65H2,1-13H3/q+1/b94-89-,95-90+,107-91?,108-96?. The van der Waals surface area contributed by atoms with Crippen molar-refractivity contribution in [1.82, 2.24) is 0 Å². The Morgan fingerprint density at radius 3 is 1.55 bits per heavy atom. The Balaban J connectivity index is 1.03. The first-order valence-corrected chi connectivity index (χ1v) is 40.2. The topological polar surface area (TPSA) is 122 Å². The molecule has 1 aliphatic carbocycles. The minimum atomic E-state index is -0.264. The average molecular weight is 1520 g/mol. The van der Waals surface area contributed by atoms with E-state index in [1.165, 1.54) is 11.4 Å². The minimum absolute atomic E-state index is 0.0161. The molecule has 0 spiro atoms. The summed E-state index contributed by atoms with van der Waals surface area (Å²) in [4.78, 5) is 28.3. The van der Waals surface area contributed by atoms with Gasteiger partial charge in [-0.25, -0.2) is 29.8 Å². The summed E-state index contributed by atoms with van der Waals surface area (Å²) < 4.78 is 2.54. The highest BCUT2D eigenvalue weighted by atomic mass is 35.5. The van der Waals surface area contributed by atoms with Gasteiger partial charge in [0.05, 0.1) is 31.0 Å². The first-order valence-electron chi connectivity index (χ1n) is 39.5. The number of allylic oxidation sites excluding steroid dienone is 12. The summed E-state index contributed by atoms with van der Waals surface area (Å²) in [6, 6.07) is 55.7. The summed E-state index contributed by atoms with van der Waals surface area (Å²) in [5.41, 5.74) is 19.3. The third kappa shape index (κ3) is 19.1. The molecule has 0 aromatic heterocycles. The molecule has 7 aromatic carbocycles. The van der Waals surface area contributed by atoms with Gasteiger partial charge in [0.2, 0.25) is 0 Å². The smallest absolute Gasteiger partial charge is 0.272 e. The van der Waals surface area contributed by atoms with E-state index in [4.69, 9.17) is 52.9 Å². The zero-order valence-corrected chi connectivity index (χ0v) is 68.9. The van der Waals surface area contributed by atoms with E-state index in [2.05, 4.69) is 256 Å². The number of rotatable bonds is 28. The van der Waals surface area contributed by atoms with Gasteiger partial charge in [-0.3, -0.25) is 0 Å². The molecule has 14 heteroatoms. The lowest BCUT2D eigenvalue weighted by atomic mass is 9.71. The van der Waals surface area contributed by atoms with E-state index in [-0.39, 0.29) is 62.9 Å². The fourth-order valence-electron chi connectivity index (χ4n) is 15.7. The number of aryl methyl sites for hydroxylation is 2. The van der Waals surface area contributed by atoms with Gasteiger partial charge in [-0.05, 0) is 224 Å². The highest BCUT2D eigenvalue weighted by Crippen LogP contribution is 2.51. The lowest BCUT2D eigenvalue weighted by molar-refractivity contribution is -0.527. The Hall–Kier alpha value is -11.4. The minimum Gasteiger partial charge on any atom is -0.372 e. The van der Waals surface area contributed by atoms with E-state index in [1.807, 2.05) is 26.0 Å². The van der Waals surface area contributed by atoms with Gasteiger partial charge in [0.15, 0.2) is 11.4 Å². The van der Waals surface area contributed by atoms with Gasteiger partial charge in [0.25, 0.3) is 17.2 Å². The van der Waals surface area contributed by atoms with Crippen LogP contribution in [0, 0.1) is 73.5 Å². The third-order valence-corrected chi connectivity index (χ3v) is 23.1. The van der Waals surface area contributed by atoms with Gasteiger partial charge in [-0.15, -0.1) is 4.99 Å². The summed E-state index contributed by atoms with van der Waals surface area (Å²) in [5.74, 6) is 0.489. The molecule has 568 valence electrons. The second kappa shape index (κ2) is 38.0. The number of benzene rings is 7. The maximum atomic E-state index is 10.7. The summed E-state index contributed by atoms with van der Waals surface area (Å²) in [6.45, 7) is 58.6. The van der Waals surface area contributed by atoms with E-state index < -0.39 is 0 Å². The largest absolute Gasteiger partial charge is 0.372 e. The van der Waals surface area contributed by atoms with Gasteiger partial charge in [0, 0.05) is 106 Å². The summed E-state index contributed by atoms with van der Waals surface area (Å²) in [7, 11) is 0. The van der Waals surface area contributed by atoms with Crippen LogP contribution < -0.4 is 14.7 Å². The van der Waals surface area contributed by atoms with Crippen LogP contribution in [0.15, 0.2) is 215 Å². The SMILES string of the molecule is [C-]#[N+]C(=Nc1cc2c(cc1C)N(Cc1ccc(C(C=CC=C(c3ccc(CN4c5cc(C)c(N=C(C#N)/C(=C(/C#N)[N+]#[C-])c6ccc(Cl)cc6)cc5C(C)C(C)C4(C)C)cc3)c3ccc(N(CCCC)CCCC)cc3)=C3C=CC(=[N+](CCCC)CCCC)C=C3)cc1)C(C)(C)CC2C)/C(=C(\C#N)[N+]#[C-])c1ccc(Cl)cc1. The number of anilines is 3. The van der Waals surface area contributed by atoms with Crippen LogP contribution in [0.5, 0.6) is 0 Å². The van der Waals surface area contributed by atoms with Gasteiger partial charge >= 0.3 is 0 Å². The summed E-state index contributed by atoms with van der Waals surface area (Å²) >= 11 is 12.5. The zero-order chi connectivity index (χ0) is 80.4. The van der Waals surface area contributed by atoms with E-state index in [0.29, 0.717) is 45.6 Å². The molecular weight excluding hydrogens is 1420 g/mol. The lowest BCUT2D eigenvalue weighted by Gasteiger charge is -2.52. The van der Waals surface area contributed by atoms with Crippen molar-refractivity contribution in [1.29, 1.82) is 15.8 Å². The molecule has 3 atom stereocenters. The Morgan fingerprint density at radius 2 is 1.04 bits per heavy atom. The van der Waals surface area contributed by atoms with Crippen LogP contribution in [0.3, 0.4) is 0 Å². The number of hydrogen-bond acceptors (Lipinski definition) is 8. The fourth-order valence-corrected chi connectivity index (χ4v) is 16.0. The van der Waals surface area contributed by atoms with Crippen LogP contribution in [-0.2, 0) is 13.1 Å². The van der Waals surface area contributed by atoms with Crippen LogP contribution in [0.1, 0.15) is 207 Å². The predicted octanol–water partition coefficient (Wildman–Crippen LogP) is 25.7. The number of unbranched alkanes of at least 4 members (excludes halogenated alkanes) is 4. The van der Waals surface area contributed by atoms with Crippen molar-refractivity contribution >= 4 is 91.2 Å². The molecule has 0 radical (unpaired) electrons. The van der Waals surface area contributed by atoms with Crippen molar-refractivity contribution in [2.75, 3.05) is 40.9 Å². The van der Waals surface area contributed by atoms with Gasteiger partial charge in [-0.1, -0.05) is 207 Å². The van der Waals surface area contributed by atoms with Crippen LogP contribution in [0.4, 0.5) is 28.4 Å². The molecule has 12 nitrogen and oxygen atoms in total. The maximum absolute atomic E-state index is 10.7. The number of nitriles is 3. The number of nitrogens with zero attached hydrogens (tertiary/aromatic N) is 12. The Bertz CT molecular complexity index is 5160. The van der Waals surface area contributed by atoms with Crippen LogP contribution >= 0.6 is 23.2 Å². The van der Waals surface area contributed by atoms with Crippen molar-refractivity contribution in [2.24, 2.45) is 15.9 Å². The van der Waals surface area contributed by atoms with E-state index in [9.17, 15) is 15.8 Å². The third-order valence-electron chi connectivity index (χ3n) is 22.6. The fraction of sp³-hybridized carbons (Fsp3) is 0.337. The average Bonchev–Trinajstić information content (AvgIpc) is 0.738. The zero-order valence-electron chi connectivity index (χ0n) is 67.4. The van der Waals surface area contributed by atoms with Crippen LogP contribution in [-0.4, -0.2) is 59.1 Å². The maximum Gasteiger partial charge on any atom is 0.272 e. The number of amidine groups is 1. The van der Waals surface area contributed by atoms with Gasteiger partial charge in [0.1, 0.15) is 24.9 Å². The summed E-state index contributed by atoms with van der Waals surface area (Å²) in [5, 5.41) is 31.9. The molecule has 112 heavy (non-hydrogen) atoms. The molecule has 7 aromatic rings. The Kier molecular flexibility index (Phi) is 28.2. The molecular formula is C98H103Cl2N12+. The molecule has 3 aliphatic rings. The van der Waals surface area contributed by atoms with Crippen molar-refractivity contribution in [3.8, 4) is 18.2 Å². The van der Waals surface area contributed by atoms with E-state index >= 15 is 0 Å². The van der Waals surface area contributed by atoms with Crippen molar-refractivity contribution in [2.45, 2.75) is 184 Å². The summed E-state index contributed by atoms with van der Waals surface area (Å²) in [6.07, 6.45) is 25.9. The normalized spacial score (nSPS) is 16.9. The first-order chi connectivity index (χ1) is 54.0. The highest BCUT2D eigenvalue weighted by molar-refractivity contribution is 6.34. The number of aliphatic imine (C=N–C) groups is 2. The number of halogens is 2. The molecule has 0 N–H and O–H groups in total. The first kappa shape index (κ1) is 83.1. The molecule has 0 bridgehead atoms. The number of hydrogen-bond donors (Lipinski definition) is 0. The molecule has 10 rings (SSSR count). The Labute approximate surface area is 676 Å². The highest BCUT2D eigenvalue weighted by Gasteiger charge is 2.43. The number of fused-ring (bicyclic) bond motifs is 2. The monoisotopic (exact) mass is 1520 g/mol. The van der Waals surface area contributed by atoms with Crippen LogP contribution in [0.25, 0.3) is 36.8 Å². The van der Waals surface area contributed by atoms with E-state index in [0.717, 1.165) is 162 Å². The molecule has 0 saturated carbocycles. The second-order valence-corrected chi connectivity index (χ2v) is 31.8. The van der Waals surface area contributed by atoms with Crippen molar-refractivity contribution in [3.63, 3.8) is 0 Å². The molecule has 3 unspecified atom stereocenters. The van der Waals surface area contributed by atoms with Gasteiger partial charge < -0.3 is 19.5 Å². The van der Waals surface area contributed by atoms with E-state index in [1.54, 1.807) is 48.5 Å². The van der Waals surface area contributed by atoms with Crippen LogP contribution in [0.2, 0.25) is 10.0 Å². The molecule has 2 aliphatic heterocycles.